The van der Waals surface area contributed by atoms with Crippen LogP contribution in [0.5, 0.6) is 5.75 Å². The Morgan fingerprint density at radius 1 is 1.39 bits per heavy atom. The van der Waals surface area contributed by atoms with Gasteiger partial charge in [-0.2, -0.15) is 0 Å². The highest BCUT2D eigenvalue weighted by molar-refractivity contribution is 6.00. The fraction of sp³-hybridized carbons (Fsp3) is 0.533. The second kappa shape index (κ2) is 6.55. The van der Waals surface area contributed by atoms with Crippen molar-refractivity contribution in [2.24, 2.45) is 5.73 Å². The summed E-state index contributed by atoms with van der Waals surface area (Å²) in [5.41, 5.74) is 8.66. The van der Waals surface area contributed by atoms with Gasteiger partial charge in [0, 0.05) is 12.5 Å². The largest absolute Gasteiger partial charge is 0.496 e. The van der Waals surface area contributed by atoms with Gasteiger partial charge in [-0.1, -0.05) is 19.4 Å². The maximum atomic E-state index is 12.3. The predicted molar refractivity (Wildman–Crippen MR) is 74.3 cm³/mol. The molecule has 0 fully saturated rings. The van der Waals surface area contributed by atoms with Crippen LogP contribution in [0.15, 0.2) is 12.1 Å². The number of ether oxygens (including phenoxy) is 1. The molecular formula is C15H23NO2. The minimum atomic E-state index is -0.0621. The Hall–Kier alpha value is -1.35. The first kappa shape index (κ1) is 14.7. The van der Waals surface area contributed by atoms with Crippen LogP contribution in [0.1, 0.15) is 47.7 Å². The number of carbonyl (C=O) groups excluding carboxylic acids is 1. The van der Waals surface area contributed by atoms with Gasteiger partial charge in [0.25, 0.3) is 0 Å². The van der Waals surface area contributed by atoms with Crippen LogP contribution in [0.2, 0.25) is 0 Å². The van der Waals surface area contributed by atoms with Crippen molar-refractivity contribution in [3.63, 3.8) is 0 Å². The fourth-order valence-electron chi connectivity index (χ4n) is 2.26. The Bertz CT molecular complexity index is 427. The molecule has 0 aliphatic carbocycles. The van der Waals surface area contributed by atoms with Gasteiger partial charge >= 0.3 is 0 Å². The number of hydrogen-bond acceptors (Lipinski definition) is 3. The van der Waals surface area contributed by atoms with Gasteiger partial charge < -0.3 is 10.5 Å². The lowest BCUT2D eigenvalue weighted by molar-refractivity contribution is 0.0969. The summed E-state index contributed by atoms with van der Waals surface area (Å²) in [5.74, 6) is 0.728. The number of methoxy groups -OCH3 is 1. The molecule has 2 N–H and O–H groups in total. The monoisotopic (exact) mass is 249 g/mol. The molecular weight excluding hydrogens is 226 g/mol. The van der Waals surface area contributed by atoms with Gasteiger partial charge in [-0.15, -0.1) is 0 Å². The smallest absolute Gasteiger partial charge is 0.168 e. The molecule has 0 aliphatic rings. The molecule has 0 bridgehead atoms. The SMILES string of the molecule is CCCC(N)CC(=O)c1c(C)cc(C)cc1OC. The molecule has 0 aliphatic heterocycles. The number of carbonyl (C=O) groups is 1. The van der Waals surface area contributed by atoms with Crippen molar-refractivity contribution in [1.82, 2.24) is 0 Å². The van der Waals surface area contributed by atoms with Crippen LogP contribution >= 0.6 is 0 Å². The Kier molecular flexibility index (Phi) is 5.35. The minimum absolute atomic E-state index is 0.0621. The van der Waals surface area contributed by atoms with Crippen LogP contribution in [0.3, 0.4) is 0 Å². The number of rotatable bonds is 6. The van der Waals surface area contributed by atoms with E-state index >= 15 is 0 Å². The summed E-state index contributed by atoms with van der Waals surface area (Å²) in [6.07, 6.45) is 2.26. The zero-order valence-corrected chi connectivity index (χ0v) is 11.7. The third kappa shape index (κ3) is 3.57. The van der Waals surface area contributed by atoms with Gasteiger partial charge in [-0.05, 0) is 37.5 Å². The summed E-state index contributed by atoms with van der Waals surface area (Å²) in [5, 5.41) is 0. The molecule has 1 aromatic rings. The molecule has 3 nitrogen and oxygen atoms in total. The van der Waals surface area contributed by atoms with Crippen LogP contribution in [0.4, 0.5) is 0 Å². The summed E-state index contributed by atoms with van der Waals surface area (Å²) in [6, 6.07) is 3.83. The zero-order chi connectivity index (χ0) is 13.7. The Balaban J connectivity index is 2.98. The molecule has 0 aromatic heterocycles. The number of benzene rings is 1. The van der Waals surface area contributed by atoms with Crippen LogP contribution in [-0.2, 0) is 0 Å². The Morgan fingerprint density at radius 3 is 2.61 bits per heavy atom. The van der Waals surface area contributed by atoms with E-state index in [-0.39, 0.29) is 11.8 Å². The maximum Gasteiger partial charge on any atom is 0.168 e. The lowest BCUT2D eigenvalue weighted by Gasteiger charge is -2.14. The van der Waals surface area contributed by atoms with E-state index in [1.807, 2.05) is 26.0 Å². The lowest BCUT2D eigenvalue weighted by atomic mass is 9.96. The maximum absolute atomic E-state index is 12.3. The molecule has 100 valence electrons. The molecule has 0 spiro atoms. The molecule has 1 atom stereocenters. The van der Waals surface area contributed by atoms with E-state index in [0.717, 1.165) is 24.0 Å². The average Bonchev–Trinajstić information content (AvgIpc) is 2.27. The lowest BCUT2D eigenvalue weighted by Crippen LogP contribution is -2.24. The molecule has 0 saturated carbocycles. The van der Waals surface area contributed by atoms with Crippen molar-refractivity contribution in [2.45, 2.75) is 46.1 Å². The zero-order valence-electron chi connectivity index (χ0n) is 11.7. The van der Waals surface area contributed by atoms with Crippen molar-refractivity contribution >= 4 is 5.78 Å². The standard InChI is InChI=1S/C15H23NO2/c1-5-6-12(16)9-13(17)15-11(3)7-10(2)8-14(15)18-4/h7-8,12H,5-6,9,16H2,1-4H3. The van der Waals surface area contributed by atoms with E-state index in [1.54, 1.807) is 7.11 Å². The van der Waals surface area contributed by atoms with Crippen molar-refractivity contribution in [2.75, 3.05) is 7.11 Å². The van der Waals surface area contributed by atoms with Gasteiger partial charge in [-0.3, -0.25) is 4.79 Å². The van der Waals surface area contributed by atoms with Crippen molar-refractivity contribution in [3.8, 4) is 5.75 Å². The highest BCUT2D eigenvalue weighted by atomic mass is 16.5. The highest BCUT2D eigenvalue weighted by Crippen LogP contribution is 2.26. The van der Waals surface area contributed by atoms with Crippen molar-refractivity contribution in [3.05, 3.63) is 28.8 Å². The van der Waals surface area contributed by atoms with E-state index in [2.05, 4.69) is 6.92 Å². The van der Waals surface area contributed by atoms with Gasteiger partial charge in [0.15, 0.2) is 5.78 Å². The minimum Gasteiger partial charge on any atom is -0.496 e. The first-order valence-electron chi connectivity index (χ1n) is 6.43. The van der Waals surface area contributed by atoms with E-state index in [1.165, 1.54) is 0 Å². The summed E-state index contributed by atoms with van der Waals surface area (Å²) in [4.78, 5) is 12.3. The molecule has 18 heavy (non-hydrogen) atoms. The number of nitrogens with two attached hydrogens (primary N) is 1. The second-order valence-corrected chi connectivity index (χ2v) is 4.84. The average molecular weight is 249 g/mol. The van der Waals surface area contributed by atoms with E-state index in [0.29, 0.717) is 17.7 Å². The van der Waals surface area contributed by atoms with E-state index in [4.69, 9.17) is 10.5 Å². The molecule has 0 heterocycles. The quantitative estimate of drug-likeness (QED) is 0.788. The van der Waals surface area contributed by atoms with Crippen LogP contribution < -0.4 is 10.5 Å². The first-order chi connectivity index (χ1) is 8.49. The normalized spacial score (nSPS) is 12.3. The summed E-state index contributed by atoms with van der Waals surface area (Å²) >= 11 is 0. The molecule has 1 rings (SSSR count). The first-order valence-corrected chi connectivity index (χ1v) is 6.43. The fourth-order valence-corrected chi connectivity index (χ4v) is 2.26. The van der Waals surface area contributed by atoms with Crippen LogP contribution in [0, 0.1) is 13.8 Å². The highest BCUT2D eigenvalue weighted by Gasteiger charge is 2.18. The molecule has 0 radical (unpaired) electrons. The number of hydrogen-bond donors (Lipinski definition) is 1. The molecule has 1 unspecified atom stereocenters. The second-order valence-electron chi connectivity index (χ2n) is 4.84. The van der Waals surface area contributed by atoms with E-state index < -0.39 is 0 Å². The Morgan fingerprint density at radius 2 is 2.06 bits per heavy atom. The summed E-state index contributed by atoms with van der Waals surface area (Å²) < 4.78 is 5.31. The topological polar surface area (TPSA) is 52.3 Å². The van der Waals surface area contributed by atoms with Crippen molar-refractivity contribution in [1.29, 1.82) is 0 Å². The van der Waals surface area contributed by atoms with Crippen LogP contribution in [0.25, 0.3) is 0 Å². The number of Topliss-reactive ketones (excluding diaryl/α,β-unsaturated/α-hetero) is 1. The third-order valence-electron chi connectivity index (χ3n) is 3.05. The summed E-state index contributed by atoms with van der Waals surface area (Å²) in [6.45, 7) is 6.00. The van der Waals surface area contributed by atoms with E-state index in [9.17, 15) is 4.79 Å². The van der Waals surface area contributed by atoms with Crippen LogP contribution in [-0.4, -0.2) is 18.9 Å². The summed E-state index contributed by atoms with van der Waals surface area (Å²) in [7, 11) is 1.59. The molecule has 3 heteroatoms. The Labute approximate surface area is 109 Å². The molecule has 0 amide bonds. The molecule has 1 aromatic carbocycles. The molecule has 0 saturated heterocycles. The van der Waals surface area contributed by atoms with Gasteiger partial charge in [0.1, 0.15) is 5.75 Å². The third-order valence-corrected chi connectivity index (χ3v) is 3.05. The van der Waals surface area contributed by atoms with Gasteiger partial charge in [0.2, 0.25) is 0 Å². The predicted octanol–water partition coefficient (Wildman–Crippen LogP) is 3.01. The number of ketones is 1. The van der Waals surface area contributed by atoms with Gasteiger partial charge in [-0.25, -0.2) is 0 Å². The van der Waals surface area contributed by atoms with Gasteiger partial charge in [0.05, 0.1) is 12.7 Å². The van der Waals surface area contributed by atoms with Crippen molar-refractivity contribution < 1.29 is 9.53 Å². The number of aryl methyl sites for hydroxylation is 2.